The van der Waals surface area contributed by atoms with Crippen molar-refractivity contribution >= 4 is 28.9 Å². The quantitative estimate of drug-likeness (QED) is 0.454. The normalized spacial score (nSPS) is 20.1. The van der Waals surface area contributed by atoms with Crippen LogP contribution in [0.2, 0.25) is 0 Å². The molecule has 1 aromatic carbocycles. The molecule has 3 aliphatic rings. The molecular formula is C31H36F3N5O4. The number of anilines is 2. The SMILES string of the molecule is C=C1CN(c2cc(F)c(C3=CCN(C(=O)OC4(C)CCC4)CC3)cc2NC(=O)c2c[nH]c(=O)cc2C(F)F)C[C@H](C)N1C. The van der Waals surface area contributed by atoms with E-state index in [1.165, 1.54) is 12.1 Å². The summed E-state index contributed by atoms with van der Waals surface area (Å²) >= 11 is 0. The number of likely N-dealkylation sites (N-methyl/N-ethyl adjacent to an activating group) is 1. The lowest BCUT2D eigenvalue weighted by atomic mass is 9.82. The number of aromatic amines is 1. The van der Waals surface area contributed by atoms with E-state index in [0.29, 0.717) is 43.4 Å². The highest BCUT2D eigenvalue weighted by atomic mass is 19.3. The molecule has 1 atom stereocenters. The van der Waals surface area contributed by atoms with E-state index in [2.05, 4.69) is 16.9 Å². The Kier molecular flexibility index (Phi) is 8.31. The van der Waals surface area contributed by atoms with Crippen LogP contribution in [0.3, 0.4) is 0 Å². The van der Waals surface area contributed by atoms with Crippen molar-refractivity contribution in [2.75, 3.05) is 43.4 Å². The van der Waals surface area contributed by atoms with Crippen LogP contribution in [0.1, 0.15) is 67.4 Å². The largest absolute Gasteiger partial charge is 0.443 e. The van der Waals surface area contributed by atoms with Crippen molar-refractivity contribution in [2.24, 2.45) is 0 Å². The number of alkyl halides is 2. The molecule has 12 heteroatoms. The van der Waals surface area contributed by atoms with Crippen molar-refractivity contribution in [3.63, 3.8) is 0 Å². The molecule has 1 aliphatic carbocycles. The molecule has 43 heavy (non-hydrogen) atoms. The molecule has 1 aromatic heterocycles. The summed E-state index contributed by atoms with van der Waals surface area (Å²) < 4.78 is 48.9. The van der Waals surface area contributed by atoms with Gasteiger partial charge >= 0.3 is 6.09 Å². The minimum Gasteiger partial charge on any atom is -0.443 e. The van der Waals surface area contributed by atoms with Crippen LogP contribution in [0.15, 0.2) is 47.5 Å². The third kappa shape index (κ3) is 6.28. The lowest BCUT2D eigenvalue weighted by Crippen LogP contribution is -2.48. The highest BCUT2D eigenvalue weighted by Gasteiger charge is 2.37. The standard InChI is InChI=1S/C31H36F3N5O4/c1-18-16-39(17-19(2)37(18)4)26-14-24(32)21(20-6-10-38(11-7-20)30(42)43-31(3)8-5-9-31)12-25(26)36-29(41)23-15-35-27(40)13-22(23)28(33)34/h6,12-15,19,28H,1,5,7-11,16-17H2,2-4H3,(H,35,40)(H,36,41)/t19-/m0/s1. The Balaban J connectivity index is 1.46. The summed E-state index contributed by atoms with van der Waals surface area (Å²) in [6.45, 7) is 9.43. The third-order valence-electron chi connectivity index (χ3n) is 8.69. The maximum atomic E-state index is 15.8. The summed E-state index contributed by atoms with van der Waals surface area (Å²) in [6, 6.07) is 3.55. The van der Waals surface area contributed by atoms with Gasteiger partial charge in [0.05, 0.1) is 23.5 Å². The number of rotatable bonds is 6. The second-order valence-corrected chi connectivity index (χ2v) is 11.8. The summed E-state index contributed by atoms with van der Waals surface area (Å²) in [5.41, 5.74) is -0.0332. The van der Waals surface area contributed by atoms with Gasteiger partial charge in [-0.05, 0) is 57.2 Å². The van der Waals surface area contributed by atoms with E-state index in [1.54, 1.807) is 11.0 Å². The van der Waals surface area contributed by atoms with Gasteiger partial charge in [0.2, 0.25) is 5.56 Å². The number of piperazine rings is 1. The van der Waals surface area contributed by atoms with E-state index >= 15 is 4.39 Å². The van der Waals surface area contributed by atoms with Gasteiger partial charge in [-0.2, -0.15) is 0 Å². The Bertz CT molecular complexity index is 1530. The minimum atomic E-state index is -3.05. The van der Waals surface area contributed by atoms with E-state index < -0.39 is 46.5 Å². The first-order chi connectivity index (χ1) is 20.3. The fourth-order valence-electron chi connectivity index (χ4n) is 5.69. The average molecular weight is 600 g/mol. The number of ether oxygens (including phenoxy) is 1. The van der Waals surface area contributed by atoms with Crippen molar-refractivity contribution < 1.29 is 27.5 Å². The van der Waals surface area contributed by atoms with Crippen molar-refractivity contribution in [1.82, 2.24) is 14.8 Å². The average Bonchev–Trinajstić information content (AvgIpc) is 2.95. The van der Waals surface area contributed by atoms with Crippen LogP contribution in [0.25, 0.3) is 5.57 Å². The van der Waals surface area contributed by atoms with Crippen molar-refractivity contribution in [3.05, 3.63) is 75.6 Å². The number of nitrogens with one attached hydrogen (secondary N) is 2. The molecule has 9 nitrogen and oxygen atoms in total. The molecule has 2 aliphatic heterocycles. The van der Waals surface area contributed by atoms with Gasteiger partial charge in [0.1, 0.15) is 11.4 Å². The molecule has 1 saturated heterocycles. The molecule has 3 heterocycles. The monoisotopic (exact) mass is 599 g/mol. The topological polar surface area (TPSA) is 98.0 Å². The molecule has 0 spiro atoms. The first-order valence-corrected chi connectivity index (χ1v) is 14.3. The van der Waals surface area contributed by atoms with Crippen molar-refractivity contribution in [2.45, 2.75) is 57.6 Å². The maximum Gasteiger partial charge on any atom is 0.410 e. The molecule has 1 saturated carbocycles. The first-order valence-electron chi connectivity index (χ1n) is 14.3. The van der Waals surface area contributed by atoms with Crippen LogP contribution in [0.4, 0.5) is 29.3 Å². The lowest BCUT2D eigenvalue weighted by Gasteiger charge is -2.42. The third-order valence-corrected chi connectivity index (χ3v) is 8.69. The van der Waals surface area contributed by atoms with Crippen molar-refractivity contribution in [1.29, 1.82) is 0 Å². The van der Waals surface area contributed by atoms with Crippen LogP contribution in [0.5, 0.6) is 0 Å². The van der Waals surface area contributed by atoms with E-state index in [4.69, 9.17) is 4.74 Å². The number of nitrogens with zero attached hydrogens (tertiary/aromatic N) is 3. The number of hydrogen-bond acceptors (Lipinski definition) is 6. The smallest absolute Gasteiger partial charge is 0.410 e. The first kappa shape index (κ1) is 30.2. The van der Waals surface area contributed by atoms with E-state index in [0.717, 1.165) is 31.2 Å². The number of carbonyl (C=O) groups excluding carboxylic acids is 2. The summed E-state index contributed by atoms with van der Waals surface area (Å²) in [5.74, 6) is -1.39. The number of amides is 2. The summed E-state index contributed by atoms with van der Waals surface area (Å²) in [4.78, 5) is 45.4. The van der Waals surface area contributed by atoms with Crippen LogP contribution < -0.4 is 15.8 Å². The number of aromatic nitrogens is 1. The molecule has 5 rings (SSSR count). The highest BCUT2D eigenvalue weighted by molar-refractivity contribution is 6.07. The predicted molar refractivity (Wildman–Crippen MR) is 158 cm³/mol. The minimum absolute atomic E-state index is 0.0335. The van der Waals surface area contributed by atoms with Gasteiger partial charge in [-0.15, -0.1) is 0 Å². The van der Waals surface area contributed by atoms with Gasteiger partial charge in [0, 0.05) is 61.8 Å². The van der Waals surface area contributed by atoms with Crippen LogP contribution in [-0.2, 0) is 4.74 Å². The fourth-order valence-corrected chi connectivity index (χ4v) is 5.69. The molecule has 2 aromatic rings. The molecule has 2 N–H and O–H groups in total. The second-order valence-electron chi connectivity index (χ2n) is 11.8. The molecular weight excluding hydrogens is 563 g/mol. The number of benzene rings is 1. The molecule has 0 bridgehead atoms. The fraction of sp³-hybridized carbons (Fsp3) is 0.452. The molecule has 230 valence electrons. The zero-order chi connectivity index (χ0) is 31.1. The van der Waals surface area contributed by atoms with Gasteiger partial charge in [0.25, 0.3) is 12.3 Å². The van der Waals surface area contributed by atoms with Crippen molar-refractivity contribution in [3.8, 4) is 0 Å². The van der Waals surface area contributed by atoms with Crippen LogP contribution in [-0.4, -0.2) is 71.7 Å². The second kappa shape index (κ2) is 11.8. The number of H-pyrrole nitrogens is 1. The Hall–Kier alpha value is -4.22. The number of halogens is 3. The van der Waals surface area contributed by atoms with Gasteiger partial charge in [0.15, 0.2) is 0 Å². The Labute approximate surface area is 248 Å². The Morgan fingerprint density at radius 2 is 1.98 bits per heavy atom. The van der Waals surface area contributed by atoms with Gasteiger partial charge in [-0.25, -0.2) is 18.0 Å². The number of carbonyl (C=O) groups is 2. The summed E-state index contributed by atoms with van der Waals surface area (Å²) in [6.07, 6.45) is 2.29. The van der Waals surface area contributed by atoms with E-state index in [1.807, 2.05) is 30.7 Å². The van der Waals surface area contributed by atoms with E-state index in [-0.39, 0.29) is 23.8 Å². The number of hydrogen-bond donors (Lipinski definition) is 2. The molecule has 2 fully saturated rings. The molecule has 0 unspecified atom stereocenters. The zero-order valence-corrected chi connectivity index (χ0v) is 24.5. The predicted octanol–water partition coefficient (Wildman–Crippen LogP) is 5.53. The number of pyridine rings is 1. The Morgan fingerprint density at radius 3 is 2.58 bits per heavy atom. The van der Waals surface area contributed by atoms with Gasteiger partial charge < -0.3 is 29.7 Å². The van der Waals surface area contributed by atoms with Crippen LogP contribution in [0, 0.1) is 5.82 Å². The maximum absolute atomic E-state index is 15.8. The molecule has 0 radical (unpaired) electrons. The van der Waals surface area contributed by atoms with Gasteiger partial charge in [-0.1, -0.05) is 12.7 Å². The molecule has 2 amide bonds. The van der Waals surface area contributed by atoms with E-state index in [9.17, 15) is 23.2 Å². The Morgan fingerprint density at radius 1 is 1.23 bits per heavy atom. The summed E-state index contributed by atoms with van der Waals surface area (Å²) in [5, 5.41) is 2.69. The highest BCUT2D eigenvalue weighted by Crippen LogP contribution is 2.38. The summed E-state index contributed by atoms with van der Waals surface area (Å²) in [7, 11) is 1.92. The van der Waals surface area contributed by atoms with Crippen LogP contribution >= 0.6 is 0 Å². The lowest BCUT2D eigenvalue weighted by molar-refractivity contribution is -0.0466. The van der Waals surface area contributed by atoms with Gasteiger partial charge in [-0.3, -0.25) is 9.59 Å². The zero-order valence-electron chi connectivity index (χ0n) is 24.5.